The van der Waals surface area contributed by atoms with Crippen LogP contribution in [-0.4, -0.2) is 57.8 Å². The third-order valence-corrected chi connectivity index (χ3v) is 5.98. The van der Waals surface area contributed by atoms with E-state index in [4.69, 9.17) is 0 Å². The molecule has 2 aromatic rings. The van der Waals surface area contributed by atoms with Crippen LogP contribution in [-0.2, 0) is 11.2 Å². The Morgan fingerprint density at radius 1 is 1.11 bits per heavy atom. The lowest BCUT2D eigenvalue weighted by atomic mass is 9.78. The summed E-state index contributed by atoms with van der Waals surface area (Å²) in [6, 6.07) is 10.3. The lowest BCUT2D eigenvalue weighted by Crippen LogP contribution is -2.50. The first-order valence-corrected chi connectivity index (χ1v) is 9.99. The van der Waals surface area contributed by atoms with Crippen LogP contribution in [0.1, 0.15) is 41.0 Å². The topological polar surface area (TPSA) is 66.4 Å². The van der Waals surface area contributed by atoms with Crippen molar-refractivity contribution in [1.82, 2.24) is 19.8 Å². The smallest absolute Gasteiger partial charge is 0.274 e. The summed E-state index contributed by atoms with van der Waals surface area (Å²) in [6.45, 7) is 4.48. The SMILES string of the molecule is Cc1cnc(C(=O)N2CC[C@]3(CCCN(CCc4ccccc4)C3=O)C2)cn1. The normalized spacial score (nSPS) is 22.1. The molecule has 4 rings (SSSR count). The molecule has 0 saturated carbocycles. The van der Waals surface area contributed by atoms with Crippen LogP contribution in [0, 0.1) is 12.3 Å². The van der Waals surface area contributed by atoms with Gasteiger partial charge >= 0.3 is 0 Å². The summed E-state index contributed by atoms with van der Waals surface area (Å²) in [5.41, 5.74) is 1.96. The summed E-state index contributed by atoms with van der Waals surface area (Å²) in [5.74, 6) is 0.0820. The Hall–Kier alpha value is -2.76. The minimum absolute atomic E-state index is 0.126. The number of nitrogens with zero attached hydrogens (tertiary/aromatic N) is 4. The molecule has 0 radical (unpaired) electrons. The second-order valence-corrected chi connectivity index (χ2v) is 7.93. The number of piperidine rings is 1. The molecule has 2 aliphatic heterocycles. The van der Waals surface area contributed by atoms with E-state index in [1.807, 2.05) is 30.0 Å². The van der Waals surface area contributed by atoms with Gasteiger partial charge in [-0.25, -0.2) is 4.98 Å². The number of aromatic nitrogens is 2. The lowest BCUT2D eigenvalue weighted by Gasteiger charge is -2.39. The maximum Gasteiger partial charge on any atom is 0.274 e. The summed E-state index contributed by atoms with van der Waals surface area (Å²) in [5, 5.41) is 0. The Bertz CT molecular complexity index is 853. The Balaban J connectivity index is 1.42. The van der Waals surface area contributed by atoms with E-state index in [2.05, 4.69) is 22.1 Å². The molecule has 2 saturated heterocycles. The predicted molar refractivity (Wildman–Crippen MR) is 106 cm³/mol. The minimum Gasteiger partial charge on any atom is -0.342 e. The Morgan fingerprint density at radius 3 is 2.68 bits per heavy atom. The van der Waals surface area contributed by atoms with Crippen molar-refractivity contribution in [2.45, 2.75) is 32.6 Å². The maximum absolute atomic E-state index is 13.3. The van der Waals surface area contributed by atoms with Crippen molar-refractivity contribution < 1.29 is 9.59 Å². The first-order chi connectivity index (χ1) is 13.6. The molecule has 0 unspecified atom stereocenters. The van der Waals surface area contributed by atoms with Gasteiger partial charge in [-0.15, -0.1) is 0 Å². The number of carbonyl (C=O) groups excluding carboxylic acids is 2. The van der Waals surface area contributed by atoms with Gasteiger partial charge in [-0.1, -0.05) is 30.3 Å². The van der Waals surface area contributed by atoms with Crippen molar-refractivity contribution in [3.8, 4) is 0 Å². The second kappa shape index (κ2) is 7.70. The first kappa shape index (κ1) is 18.6. The first-order valence-electron chi connectivity index (χ1n) is 9.99. The van der Waals surface area contributed by atoms with Gasteiger partial charge in [-0.2, -0.15) is 0 Å². The quantitative estimate of drug-likeness (QED) is 0.820. The summed E-state index contributed by atoms with van der Waals surface area (Å²) in [6.07, 6.45) is 6.58. The molecule has 1 aromatic carbocycles. The third kappa shape index (κ3) is 3.63. The lowest BCUT2D eigenvalue weighted by molar-refractivity contribution is -0.145. The van der Waals surface area contributed by atoms with Gasteiger partial charge in [0, 0.05) is 32.4 Å². The molecule has 2 amide bonds. The van der Waals surface area contributed by atoms with E-state index in [-0.39, 0.29) is 11.8 Å². The number of aryl methyl sites for hydroxylation is 1. The van der Waals surface area contributed by atoms with Gasteiger partial charge in [0.2, 0.25) is 5.91 Å². The summed E-state index contributed by atoms with van der Waals surface area (Å²) in [4.78, 5) is 38.2. The predicted octanol–water partition coefficient (Wildman–Crippen LogP) is 2.48. The van der Waals surface area contributed by atoms with Crippen LogP contribution in [0.4, 0.5) is 0 Å². The number of carbonyl (C=O) groups is 2. The van der Waals surface area contributed by atoms with Gasteiger partial charge in [-0.05, 0) is 38.2 Å². The van der Waals surface area contributed by atoms with E-state index in [1.54, 1.807) is 11.1 Å². The Labute approximate surface area is 165 Å². The standard InChI is InChI=1S/C22H26N4O2/c1-17-14-24-19(15-23-17)20(27)26-13-10-22(16-26)9-5-11-25(21(22)28)12-8-18-6-3-2-4-7-18/h2-4,6-7,14-15H,5,8-13,16H2,1H3/t22-/m1/s1. The summed E-state index contributed by atoms with van der Waals surface area (Å²) >= 11 is 0. The fourth-order valence-electron chi connectivity index (χ4n) is 4.36. The van der Waals surface area contributed by atoms with Crippen LogP contribution in [0.15, 0.2) is 42.7 Å². The van der Waals surface area contributed by atoms with E-state index in [9.17, 15) is 9.59 Å². The van der Waals surface area contributed by atoms with Crippen LogP contribution >= 0.6 is 0 Å². The van der Waals surface area contributed by atoms with Gasteiger partial charge in [-0.3, -0.25) is 14.6 Å². The zero-order chi connectivity index (χ0) is 19.6. The molecular formula is C22H26N4O2. The van der Waals surface area contributed by atoms with Gasteiger partial charge in [0.05, 0.1) is 17.3 Å². The molecule has 28 heavy (non-hydrogen) atoms. The average Bonchev–Trinajstić information content (AvgIpc) is 3.15. The Morgan fingerprint density at radius 2 is 1.93 bits per heavy atom. The van der Waals surface area contributed by atoms with Crippen molar-refractivity contribution >= 4 is 11.8 Å². The average molecular weight is 378 g/mol. The molecule has 3 heterocycles. The highest BCUT2D eigenvalue weighted by atomic mass is 16.2. The van der Waals surface area contributed by atoms with Gasteiger partial charge in [0.1, 0.15) is 5.69 Å². The fourth-order valence-corrected chi connectivity index (χ4v) is 4.36. The number of rotatable bonds is 4. The number of likely N-dealkylation sites (tertiary alicyclic amines) is 2. The fraction of sp³-hybridized carbons (Fsp3) is 0.455. The van der Waals surface area contributed by atoms with Gasteiger partial charge in [0.15, 0.2) is 0 Å². The molecule has 6 heteroatoms. The van der Waals surface area contributed by atoms with E-state index >= 15 is 0 Å². The molecule has 2 aliphatic rings. The molecule has 0 N–H and O–H groups in total. The van der Waals surface area contributed by atoms with Crippen molar-refractivity contribution in [2.24, 2.45) is 5.41 Å². The molecule has 6 nitrogen and oxygen atoms in total. The molecule has 146 valence electrons. The van der Waals surface area contributed by atoms with Gasteiger partial charge in [0.25, 0.3) is 5.91 Å². The van der Waals surface area contributed by atoms with E-state index < -0.39 is 5.41 Å². The molecule has 0 aliphatic carbocycles. The van der Waals surface area contributed by atoms with Crippen molar-refractivity contribution in [3.63, 3.8) is 0 Å². The highest BCUT2D eigenvalue weighted by molar-refractivity contribution is 5.93. The monoisotopic (exact) mass is 378 g/mol. The zero-order valence-electron chi connectivity index (χ0n) is 16.3. The molecule has 1 aromatic heterocycles. The third-order valence-electron chi connectivity index (χ3n) is 5.98. The van der Waals surface area contributed by atoms with E-state index in [0.717, 1.165) is 44.5 Å². The van der Waals surface area contributed by atoms with Crippen LogP contribution in [0.2, 0.25) is 0 Å². The van der Waals surface area contributed by atoms with Crippen molar-refractivity contribution in [3.05, 3.63) is 59.7 Å². The molecule has 2 fully saturated rings. The van der Waals surface area contributed by atoms with E-state index in [1.165, 1.54) is 11.8 Å². The molecule has 1 spiro atoms. The molecule has 0 bridgehead atoms. The molecular weight excluding hydrogens is 352 g/mol. The van der Waals surface area contributed by atoms with Gasteiger partial charge < -0.3 is 9.80 Å². The zero-order valence-corrected chi connectivity index (χ0v) is 16.3. The largest absolute Gasteiger partial charge is 0.342 e. The minimum atomic E-state index is -0.428. The summed E-state index contributed by atoms with van der Waals surface area (Å²) in [7, 11) is 0. The second-order valence-electron chi connectivity index (χ2n) is 7.93. The number of hydrogen-bond acceptors (Lipinski definition) is 4. The van der Waals surface area contributed by atoms with Crippen molar-refractivity contribution in [2.75, 3.05) is 26.2 Å². The molecule has 1 atom stereocenters. The number of benzene rings is 1. The number of amides is 2. The van der Waals surface area contributed by atoms with Crippen LogP contribution in [0.3, 0.4) is 0 Å². The van der Waals surface area contributed by atoms with E-state index in [0.29, 0.717) is 18.8 Å². The highest BCUT2D eigenvalue weighted by Crippen LogP contribution is 2.40. The van der Waals surface area contributed by atoms with Crippen LogP contribution in [0.5, 0.6) is 0 Å². The maximum atomic E-state index is 13.3. The van der Waals surface area contributed by atoms with Crippen LogP contribution in [0.25, 0.3) is 0 Å². The Kier molecular flexibility index (Phi) is 5.11. The van der Waals surface area contributed by atoms with Crippen LogP contribution < -0.4 is 0 Å². The van der Waals surface area contributed by atoms with Crippen molar-refractivity contribution in [1.29, 1.82) is 0 Å². The summed E-state index contributed by atoms with van der Waals surface area (Å²) < 4.78 is 0. The highest BCUT2D eigenvalue weighted by Gasteiger charge is 2.49. The number of hydrogen-bond donors (Lipinski definition) is 0.